The smallest absolute Gasteiger partial charge is 0.224 e. The van der Waals surface area contributed by atoms with Crippen molar-refractivity contribution in [1.82, 2.24) is 0 Å². The van der Waals surface area contributed by atoms with Gasteiger partial charge in [-0.3, -0.25) is 4.79 Å². The van der Waals surface area contributed by atoms with Crippen molar-refractivity contribution in [1.29, 1.82) is 0 Å². The van der Waals surface area contributed by atoms with Crippen LogP contribution in [0.2, 0.25) is 0 Å². The van der Waals surface area contributed by atoms with Gasteiger partial charge in [-0.2, -0.15) is 0 Å². The van der Waals surface area contributed by atoms with Gasteiger partial charge in [-0.25, -0.2) is 0 Å². The van der Waals surface area contributed by atoms with Gasteiger partial charge in [0.05, 0.1) is 0 Å². The predicted octanol–water partition coefficient (Wildman–Crippen LogP) is 2.70. The van der Waals surface area contributed by atoms with Crippen LogP contribution in [0.1, 0.15) is 26.7 Å². The third kappa shape index (κ3) is 5.61. The van der Waals surface area contributed by atoms with Crippen LogP contribution in [0.5, 0.6) is 0 Å². The highest BCUT2D eigenvalue weighted by atomic mass is 16.1. The number of anilines is 2. The zero-order chi connectivity index (χ0) is 15.1. The van der Waals surface area contributed by atoms with Crippen molar-refractivity contribution in [2.24, 2.45) is 17.6 Å². The highest BCUT2D eigenvalue weighted by Crippen LogP contribution is 2.19. The lowest BCUT2D eigenvalue weighted by Gasteiger charge is -2.17. The molecular formula is C16H27N3O. The maximum absolute atomic E-state index is 12.1. The molecule has 4 heteroatoms. The van der Waals surface area contributed by atoms with E-state index in [1.807, 2.05) is 43.3 Å². The summed E-state index contributed by atoms with van der Waals surface area (Å²) in [5, 5.41) is 2.95. The molecule has 0 aliphatic heterocycles. The van der Waals surface area contributed by atoms with Crippen molar-refractivity contribution in [3.63, 3.8) is 0 Å². The summed E-state index contributed by atoms with van der Waals surface area (Å²) in [6, 6.07) is 7.83. The third-order valence-corrected chi connectivity index (χ3v) is 3.26. The van der Waals surface area contributed by atoms with Gasteiger partial charge in [0.1, 0.15) is 0 Å². The van der Waals surface area contributed by atoms with Crippen LogP contribution in [0.3, 0.4) is 0 Å². The monoisotopic (exact) mass is 277 g/mol. The molecule has 1 aromatic rings. The Hall–Kier alpha value is -1.55. The SMILES string of the molecule is CC(C)C[C@H](CN)CC(=O)Nc1cccc(N(C)C)c1. The van der Waals surface area contributed by atoms with Gasteiger partial charge in [0.2, 0.25) is 5.91 Å². The minimum absolute atomic E-state index is 0.0389. The number of hydrogen-bond acceptors (Lipinski definition) is 3. The fourth-order valence-electron chi connectivity index (χ4n) is 2.27. The molecule has 20 heavy (non-hydrogen) atoms. The number of nitrogens with one attached hydrogen (secondary N) is 1. The predicted molar refractivity (Wildman–Crippen MR) is 86.0 cm³/mol. The number of benzene rings is 1. The first kappa shape index (κ1) is 16.5. The average molecular weight is 277 g/mol. The molecule has 0 fully saturated rings. The van der Waals surface area contributed by atoms with Crippen molar-refractivity contribution in [3.05, 3.63) is 24.3 Å². The van der Waals surface area contributed by atoms with Crippen LogP contribution in [0.4, 0.5) is 11.4 Å². The molecule has 0 bridgehead atoms. The van der Waals surface area contributed by atoms with E-state index in [0.29, 0.717) is 18.9 Å². The summed E-state index contributed by atoms with van der Waals surface area (Å²) in [6.07, 6.45) is 1.47. The summed E-state index contributed by atoms with van der Waals surface area (Å²) < 4.78 is 0. The Morgan fingerprint density at radius 2 is 2.05 bits per heavy atom. The molecule has 1 rings (SSSR count). The zero-order valence-corrected chi connectivity index (χ0v) is 13.0. The van der Waals surface area contributed by atoms with Crippen molar-refractivity contribution < 1.29 is 4.79 Å². The lowest BCUT2D eigenvalue weighted by molar-refractivity contribution is -0.117. The fourth-order valence-corrected chi connectivity index (χ4v) is 2.27. The van der Waals surface area contributed by atoms with E-state index in [4.69, 9.17) is 5.73 Å². The first-order valence-corrected chi connectivity index (χ1v) is 7.19. The van der Waals surface area contributed by atoms with Crippen LogP contribution < -0.4 is 16.0 Å². The van der Waals surface area contributed by atoms with E-state index in [1.165, 1.54) is 0 Å². The van der Waals surface area contributed by atoms with Gasteiger partial charge < -0.3 is 16.0 Å². The Labute approximate surface area is 122 Å². The number of carbonyl (C=O) groups excluding carboxylic acids is 1. The Morgan fingerprint density at radius 1 is 1.35 bits per heavy atom. The number of nitrogens with zero attached hydrogens (tertiary/aromatic N) is 1. The zero-order valence-electron chi connectivity index (χ0n) is 13.0. The molecule has 1 amide bonds. The van der Waals surface area contributed by atoms with Gasteiger partial charge in [-0.15, -0.1) is 0 Å². The summed E-state index contributed by atoms with van der Waals surface area (Å²) in [7, 11) is 3.96. The number of rotatable bonds is 7. The molecule has 1 aromatic carbocycles. The van der Waals surface area contributed by atoms with Gasteiger partial charge >= 0.3 is 0 Å². The molecule has 0 saturated heterocycles. The van der Waals surface area contributed by atoms with Gasteiger partial charge in [0, 0.05) is 31.9 Å². The Bertz CT molecular complexity index is 429. The molecule has 0 saturated carbocycles. The Kier molecular flexibility index (Phi) is 6.52. The molecule has 1 atom stereocenters. The van der Waals surface area contributed by atoms with E-state index in [2.05, 4.69) is 19.2 Å². The molecule has 0 heterocycles. The summed E-state index contributed by atoms with van der Waals surface area (Å²) in [5.74, 6) is 0.859. The summed E-state index contributed by atoms with van der Waals surface area (Å²) in [4.78, 5) is 14.1. The molecule has 112 valence electrons. The normalized spacial score (nSPS) is 12.3. The second-order valence-corrected chi connectivity index (χ2v) is 5.93. The molecular weight excluding hydrogens is 250 g/mol. The van der Waals surface area contributed by atoms with E-state index in [9.17, 15) is 4.79 Å². The quantitative estimate of drug-likeness (QED) is 0.805. The van der Waals surface area contributed by atoms with Crippen molar-refractivity contribution in [2.45, 2.75) is 26.7 Å². The van der Waals surface area contributed by atoms with Crippen LogP contribution in [-0.4, -0.2) is 26.5 Å². The van der Waals surface area contributed by atoms with E-state index < -0.39 is 0 Å². The standard InChI is InChI=1S/C16H27N3O/c1-12(2)8-13(11-17)9-16(20)18-14-6-5-7-15(10-14)19(3)4/h5-7,10,12-13H,8-9,11,17H2,1-4H3,(H,18,20)/t13-/m0/s1. The maximum atomic E-state index is 12.1. The summed E-state index contributed by atoms with van der Waals surface area (Å²) in [6.45, 7) is 4.87. The summed E-state index contributed by atoms with van der Waals surface area (Å²) >= 11 is 0. The average Bonchev–Trinajstić information content (AvgIpc) is 2.37. The number of hydrogen-bond donors (Lipinski definition) is 2. The molecule has 0 radical (unpaired) electrons. The molecule has 4 nitrogen and oxygen atoms in total. The second-order valence-electron chi connectivity index (χ2n) is 5.93. The largest absolute Gasteiger partial charge is 0.378 e. The Morgan fingerprint density at radius 3 is 2.60 bits per heavy atom. The second kappa shape index (κ2) is 7.90. The summed E-state index contributed by atoms with van der Waals surface area (Å²) in [5.41, 5.74) is 7.64. The molecule has 0 aromatic heterocycles. The maximum Gasteiger partial charge on any atom is 0.224 e. The van der Waals surface area contributed by atoms with Gasteiger partial charge in [0.25, 0.3) is 0 Å². The van der Waals surface area contributed by atoms with Crippen LogP contribution in [0.25, 0.3) is 0 Å². The lowest BCUT2D eigenvalue weighted by atomic mass is 9.94. The fraction of sp³-hybridized carbons (Fsp3) is 0.562. The van der Waals surface area contributed by atoms with Crippen LogP contribution in [-0.2, 0) is 4.79 Å². The van der Waals surface area contributed by atoms with E-state index in [0.717, 1.165) is 17.8 Å². The number of nitrogens with two attached hydrogens (primary N) is 1. The van der Waals surface area contributed by atoms with Gasteiger partial charge in [-0.1, -0.05) is 19.9 Å². The topological polar surface area (TPSA) is 58.4 Å². The molecule has 0 unspecified atom stereocenters. The van der Waals surface area contributed by atoms with Crippen molar-refractivity contribution >= 4 is 17.3 Å². The van der Waals surface area contributed by atoms with Crippen LogP contribution in [0.15, 0.2) is 24.3 Å². The highest BCUT2D eigenvalue weighted by Gasteiger charge is 2.14. The Balaban J connectivity index is 2.59. The van der Waals surface area contributed by atoms with E-state index in [-0.39, 0.29) is 11.8 Å². The van der Waals surface area contributed by atoms with Gasteiger partial charge in [0.15, 0.2) is 0 Å². The first-order chi connectivity index (χ1) is 9.42. The number of carbonyl (C=O) groups is 1. The molecule has 0 spiro atoms. The van der Waals surface area contributed by atoms with E-state index in [1.54, 1.807) is 0 Å². The highest BCUT2D eigenvalue weighted by molar-refractivity contribution is 5.91. The van der Waals surface area contributed by atoms with Crippen molar-refractivity contribution in [2.75, 3.05) is 30.9 Å². The molecule has 0 aliphatic carbocycles. The third-order valence-electron chi connectivity index (χ3n) is 3.26. The minimum atomic E-state index is 0.0389. The number of amides is 1. The lowest BCUT2D eigenvalue weighted by Crippen LogP contribution is -2.23. The van der Waals surface area contributed by atoms with Crippen LogP contribution in [0, 0.1) is 11.8 Å². The van der Waals surface area contributed by atoms with E-state index >= 15 is 0 Å². The van der Waals surface area contributed by atoms with Gasteiger partial charge in [-0.05, 0) is 43.0 Å². The van der Waals surface area contributed by atoms with Crippen LogP contribution >= 0.6 is 0 Å². The van der Waals surface area contributed by atoms with Crippen molar-refractivity contribution in [3.8, 4) is 0 Å². The molecule has 3 N–H and O–H groups in total. The first-order valence-electron chi connectivity index (χ1n) is 7.19. The molecule has 0 aliphatic rings. The minimum Gasteiger partial charge on any atom is -0.378 e.